The normalized spacial score (nSPS) is 12.1. The summed E-state index contributed by atoms with van der Waals surface area (Å²) in [5, 5.41) is 4.90. The molecule has 4 heteroatoms. The monoisotopic (exact) mass is 373 g/mol. The van der Waals surface area contributed by atoms with E-state index in [0.717, 1.165) is 22.8 Å². The van der Waals surface area contributed by atoms with E-state index in [1.165, 1.54) is 11.6 Å². The summed E-state index contributed by atoms with van der Waals surface area (Å²) in [5.41, 5.74) is 2.79. The van der Waals surface area contributed by atoms with E-state index in [0.29, 0.717) is 5.69 Å². The quantitative estimate of drug-likeness (QED) is 0.489. The number of amides is 1. The highest BCUT2D eigenvalue weighted by Crippen LogP contribution is 2.19. The minimum atomic E-state index is -0.893. The van der Waals surface area contributed by atoms with Crippen molar-refractivity contribution in [3.8, 4) is 0 Å². The number of rotatable bonds is 6. The summed E-state index contributed by atoms with van der Waals surface area (Å²) < 4.78 is 5.23. The summed E-state index contributed by atoms with van der Waals surface area (Å²) in [4.78, 5) is 24.4. The largest absolute Gasteiger partial charge is 0.449 e. The molecule has 0 spiro atoms. The molecule has 0 fully saturated rings. The van der Waals surface area contributed by atoms with Gasteiger partial charge in [0.2, 0.25) is 0 Å². The molecule has 1 N–H and O–H groups in total. The van der Waals surface area contributed by atoms with Crippen LogP contribution in [0, 0.1) is 0 Å². The molecule has 1 atom stereocenters. The van der Waals surface area contributed by atoms with E-state index in [2.05, 4.69) is 12.2 Å². The third kappa shape index (κ3) is 4.86. The van der Waals surface area contributed by atoms with Gasteiger partial charge in [-0.2, -0.15) is 0 Å². The van der Waals surface area contributed by atoms with Crippen molar-refractivity contribution in [3.05, 3.63) is 83.9 Å². The molecule has 28 heavy (non-hydrogen) atoms. The molecule has 3 aromatic carbocycles. The summed E-state index contributed by atoms with van der Waals surface area (Å²) >= 11 is 0. The van der Waals surface area contributed by atoms with Crippen LogP contribution in [0.3, 0.4) is 0 Å². The molecule has 0 aromatic heterocycles. The molecule has 0 aliphatic heterocycles. The average molecular weight is 373 g/mol. The standard InChI is InChI=1S/C24H23NO3/c1-3-18-11-14-21(15-12-18)25-24(27)17(2)28-23(26)16-13-20-9-6-8-19-7-4-5-10-22(19)20/h4-17H,3H2,1-2H3,(H,25,27)/b16-13+. The molecule has 3 aromatic rings. The lowest BCUT2D eigenvalue weighted by Gasteiger charge is -2.12. The van der Waals surface area contributed by atoms with Crippen LogP contribution in [-0.4, -0.2) is 18.0 Å². The summed E-state index contributed by atoms with van der Waals surface area (Å²) in [6, 6.07) is 21.4. The van der Waals surface area contributed by atoms with Gasteiger partial charge >= 0.3 is 5.97 Å². The van der Waals surface area contributed by atoms with Gasteiger partial charge in [0.05, 0.1) is 0 Å². The fourth-order valence-electron chi connectivity index (χ4n) is 2.89. The predicted molar refractivity (Wildman–Crippen MR) is 113 cm³/mol. The van der Waals surface area contributed by atoms with Crippen LogP contribution in [0.5, 0.6) is 0 Å². The van der Waals surface area contributed by atoms with E-state index in [1.807, 2.05) is 66.7 Å². The SMILES string of the molecule is CCc1ccc(NC(=O)C(C)OC(=O)/C=C/c2cccc3ccccc23)cc1. The lowest BCUT2D eigenvalue weighted by Crippen LogP contribution is -2.29. The third-order valence-electron chi connectivity index (χ3n) is 4.51. The lowest BCUT2D eigenvalue weighted by atomic mass is 10.0. The Bertz CT molecular complexity index is 1000. The maximum Gasteiger partial charge on any atom is 0.331 e. The Morgan fingerprint density at radius 2 is 1.71 bits per heavy atom. The zero-order valence-corrected chi connectivity index (χ0v) is 16.0. The molecule has 3 rings (SSSR count). The van der Waals surface area contributed by atoms with Crippen LogP contribution in [0.1, 0.15) is 25.0 Å². The average Bonchev–Trinajstić information content (AvgIpc) is 2.72. The Balaban J connectivity index is 1.60. The number of esters is 1. The molecule has 142 valence electrons. The Morgan fingerprint density at radius 3 is 2.46 bits per heavy atom. The first kappa shape index (κ1) is 19.4. The van der Waals surface area contributed by atoms with E-state index >= 15 is 0 Å². The minimum Gasteiger partial charge on any atom is -0.449 e. The third-order valence-corrected chi connectivity index (χ3v) is 4.51. The van der Waals surface area contributed by atoms with Gasteiger partial charge in [0.1, 0.15) is 0 Å². The topological polar surface area (TPSA) is 55.4 Å². The van der Waals surface area contributed by atoms with E-state index in [1.54, 1.807) is 13.0 Å². The second kappa shape index (κ2) is 9.00. The van der Waals surface area contributed by atoms with Crippen molar-refractivity contribution in [2.45, 2.75) is 26.4 Å². The Labute approximate surface area is 164 Å². The van der Waals surface area contributed by atoms with E-state index in [9.17, 15) is 9.59 Å². The number of carbonyl (C=O) groups excluding carboxylic acids is 2. The van der Waals surface area contributed by atoms with Crippen LogP contribution in [0.2, 0.25) is 0 Å². The number of benzene rings is 3. The van der Waals surface area contributed by atoms with E-state index in [4.69, 9.17) is 4.74 Å². The molecule has 0 saturated heterocycles. The van der Waals surface area contributed by atoms with Gasteiger partial charge in [0.15, 0.2) is 6.10 Å². The van der Waals surface area contributed by atoms with Crippen molar-refractivity contribution in [1.29, 1.82) is 0 Å². The van der Waals surface area contributed by atoms with Gasteiger partial charge in [0.25, 0.3) is 5.91 Å². The van der Waals surface area contributed by atoms with Crippen LogP contribution in [0.15, 0.2) is 72.8 Å². The highest BCUT2D eigenvalue weighted by atomic mass is 16.5. The molecule has 0 aliphatic carbocycles. The minimum absolute atomic E-state index is 0.365. The van der Waals surface area contributed by atoms with Crippen molar-refractivity contribution in [1.82, 2.24) is 0 Å². The number of nitrogens with one attached hydrogen (secondary N) is 1. The molecular formula is C24H23NO3. The maximum absolute atomic E-state index is 12.2. The molecule has 0 bridgehead atoms. The number of fused-ring (bicyclic) bond motifs is 1. The van der Waals surface area contributed by atoms with Gasteiger partial charge in [-0.1, -0.05) is 61.5 Å². The smallest absolute Gasteiger partial charge is 0.331 e. The number of anilines is 1. The first-order chi connectivity index (χ1) is 13.6. The fraction of sp³-hybridized carbons (Fsp3) is 0.167. The van der Waals surface area contributed by atoms with Crippen molar-refractivity contribution in [2.24, 2.45) is 0 Å². The first-order valence-corrected chi connectivity index (χ1v) is 9.33. The van der Waals surface area contributed by atoms with Crippen LogP contribution in [0.4, 0.5) is 5.69 Å². The molecule has 1 amide bonds. The van der Waals surface area contributed by atoms with E-state index < -0.39 is 12.1 Å². The van der Waals surface area contributed by atoms with Gasteiger partial charge in [-0.3, -0.25) is 4.79 Å². The summed E-state index contributed by atoms with van der Waals surface area (Å²) in [6.45, 7) is 3.63. The highest BCUT2D eigenvalue weighted by molar-refractivity contribution is 5.98. The predicted octanol–water partition coefficient (Wildman–Crippen LogP) is 4.99. The molecule has 1 unspecified atom stereocenters. The Morgan fingerprint density at radius 1 is 1.00 bits per heavy atom. The number of carbonyl (C=O) groups is 2. The Hall–Kier alpha value is -3.40. The van der Waals surface area contributed by atoms with Crippen molar-refractivity contribution < 1.29 is 14.3 Å². The number of ether oxygens (including phenoxy) is 1. The zero-order valence-electron chi connectivity index (χ0n) is 16.0. The van der Waals surface area contributed by atoms with Crippen molar-refractivity contribution >= 4 is 34.4 Å². The Kier molecular flexibility index (Phi) is 6.22. The lowest BCUT2D eigenvalue weighted by molar-refractivity contribution is -0.148. The highest BCUT2D eigenvalue weighted by Gasteiger charge is 2.16. The second-order valence-corrected chi connectivity index (χ2v) is 6.52. The van der Waals surface area contributed by atoms with Gasteiger partial charge in [-0.15, -0.1) is 0 Å². The number of aryl methyl sites for hydroxylation is 1. The van der Waals surface area contributed by atoms with E-state index in [-0.39, 0.29) is 5.91 Å². The second-order valence-electron chi connectivity index (χ2n) is 6.52. The van der Waals surface area contributed by atoms with Gasteiger partial charge in [-0.25, -0.2) is 4.79 Å². The molecule has 0 aliphatic rings. The fourth-order valence-corrected chi connectivity index (χ4v) is 2.89. The van der Waals surface area contributed by atoms with Crippen LogP contribution in [-0.2, 0) is 20.7 Å². The van der Waals surface area contributed by atoms with Crippen LogP contribution < -0.4 is 5.32 Å². The van der Waals surface area contributed by atoms with Crippen molar-refractivity contribution in [2.75, 3.05) is 5.32 Å². The van der Waals surface area contributed by atoms with Crippen molar-refractivity contribution in [3.63, 3.8) is 0 Å². The summed E-state index contributed by atoms with van der Waals surface area (Å²) in [6.07, 6.45) is 3.10. The maximum atomic E-state index is 12.2. The number of hydrogen-bond acceptors (Lipinski definition) is 3. The molecule has 0 heterocycles. The van der Waals surface area contributed by atoms with Crippen LogP contribution in [0.25, 0.3) is 16.8 Å². The first-order valence-electron chi connectivity index (χ1n) is 9.33. The number of hydrogen-bond donors (Lipinski definition) is 1. The molecule has 0 saturated carbocycles. The van der Waals surface area contributed by atoms with Crippen LogP contribution >= 0.6 is 0 Å². The van der Waals surface area contributed by atoms with Gasteiger partial charge in [0, 0.05) is 11.8 Å². The van der Waals surface area contributed by atoms with Gasteiger partial charge < -0.3 is 10.1 Å². The summed E-state index contributed by atoms with van der Waals surface area (Å²) in [7, 11) is 0. The molecule has 0 radical (unpaired) electrons. The molecule has 4 nitrogen and oxygen atoms in total. The van der Waals surface area contributed by atoms with Gasteiger partial charge in [-0.05, 0) is 53.5 Å². The molecular weight excluding hydrogens is 350 g/mol. The summed E-state index contributed by atoms with van der Waals surface area (Å²) in [5.74, 6) is -0.923. The zero-order chi connectivity index (χ0) is 19.9.